The molecule has 3 rings (SSSR count). The summed E-state index contributed by atoms with van der Waals surface area (Å²) in [4.78, 5) is 31.2. The fourth-order valence-electron chi connectivity index (χ4n) is 2.75. The lowest BCUT2D eigenvalue weighted by Gasteiger charge is -2.11. The zero-order valence-electron chi connectivity index (χ0n) is 15.8. The van der Waals surface area contributed by atoms with E-state index in [0.717, 1.165) is 11.1 Å². The van der Waals surface area contributed by atoms with E-state index in [1.54, 1.807) is 25.1 Å². The van der Waals surface area contributed by atoms with Crippen LogP contribution in [0.2, 0.25) is 0 Å². The molecule has 0 fully saturated rings. The third-order valence-electron chi connectivity index (χ3n) is 4.24. The van der Waals surface area contributed by atoms with E-state index >= 15 is 0 Å². The molecule has 9 heteroatoms. The number of rotatable bonds is 8. The van der Waals surface area contributed by atoms with Crippen molar-refractivity contribution in [2.24, 2.45) is 0 Å². The van der Waals surface area contributed by atoms with Gasteiger partial charge < -0.3 is 5.32 Å². The van der Waals surface area contributed by atoms with E-state index in [0.29, 0.717) is 18.5 Å². The van der Waals surface area contributed by atoms with Gasteiger partial charge in [0, 0.05) is 12.1 Å². The van der Waals surface area contributed by atoms with Crippen molar-refractivity contribution in [2.75, 3.05) is 17.3 Å². The Morgan fingerprint density at radius 3 is 2.45 bits per heavy atom. The number of hydrogen-bond acceptors (Lipinski definition) is 7. The van der Waals surface area contributed by atoms with Crippen molar-refractivity contribution in [1.29, 1.82) is 0 Å². The molecule has 148 valence electrons. The molecule has 0 aliphatic heterocycles. The summed E-state index contributed by atoms with van der Waals surface area (Å²) >= 11 is 0. The van der Waals surface area contributed by atoms with E-state index < -0.39 is 10.8 Å². The molecule has 0 aliphatic carbocycles. The minimum absolute atomic E-state index is 0.0774. The molecule has 1 aromatic heterocycles. The third-order valence-corrected chi connectivity index (χ3v) is 4.24. The highest BCUT2D eigenvalue weighted by Gasteiger charge is 2.23. The third kappa shape index (κ3) is 5.04. The number of anilines is 2. The number of benzene rings is 2. The Morgan fingerprint density at radius 1 is 1.03 bits per heavy atom. The molecule has 0 saturated carbocycles. The Bertz CT molecular complexity index is 1010. The maximum absolute atomic E-state index is 12.3. The standard InChI is InChI=1S/C20H20N6O3/c1-14-7-5-6-10-16(14)20(27)25-24-19-17(26(28)29)18(22-13-23-19)21-12-11-15-8-3-2-4-9-15/h2-10,13H,11-12H2,1H3,(H,25,27)(H2,21,22,23,24). The molecule has 0 atom stereocenters. The van der Waals surface area contributed by atoms with E-state index in [2.05, 4.69) is 26.1 Å². The fraction of sp³-hybridized carbons (Fsp3) is 0.150. The molecule has 0 aliphatic rings. The monoisotopic (exact) mass is 392 g/mol. The zero-order chi connectivity index (χ0) is 20.6. The molecule has 0 saturated heterocycles. The Kier molecular flexibility index (Phi) is 6.31. The summed E-state index contributed by atoms with van der Waals surface area (Å²) in [7, 11) is 0. The quantitative estimate of drug-likeness (QED) is 0.398. The normalized spacial score (nSPS) is 10.2. The van der Waals surface area contributed by atoms with Crippen molar-refractivity contribution in [3.8, 4) is 0 Å². The number of carbonyl (C=O) groups excluding carboxylic acids is 1. The fourth-order valence-corrected chi connectivity index (χ4v) is 2.75. The van der Waals surface area contributed by atoms with Crippen LogP contribution in [0.5, 0.6) is 0 Å². The molecule has 3 N–H and O–H groups in total. The molecule has 1 heterocycles. The molecule has 3 aromatic rings. The molecule has 0 spiro atoms. The summed E-state index contributed by atoms with van der Waals surface area (Å²) in [6.07, 6.45) is 1.87. The van der Waals surface area contributed by atoms with Crippen LogP contribution in [0, 0.1) is 17.0 Å². The number of aromatic nitrogens is 2. The van der Waals surface area contributed by atoms with Gasteiger partial charge in [-0.05, 0) is 30.5 Å². The lowest BCUT2D eigenvalue weighted by molar-refractivity contribution is -0.383. The second-order valence-electron chi connectivity index (χ2n) is 6.23. The molecule has 0 bridgehead atoms. The van der Waals surface area contributed by atoms with Gasteiger partial charge in [0.15, 0.2) is 0 Å². The highest BCUT2D eigenvalue weighted by atomic mass is 16.6. The van der Waals surface area contributed by atoms with Crippen LogP contribution in [0.25, 0.3) is 0 Å². The Balaban J connectivity index is 1.70. The number of hydrogen-bond donors (Lipinski definition) is 3. The number of nitrogens with zero attached hydrogens (tertiary/aromatic N) is 3. The van der Waals surface area contributed by atoms with Gasteiger partial charge in [-0.15, -0.1) is 0 Å². The van der Waals surface area contributed by atoms with Gasteiger partial charge in [-0.1, -0.05) is 48.5 Å². The smallest absolute Gasteiger partial charge is 0.354 e. The SMILES string of the molecule is Cc1ccccc1C(=O)NNc1ncnc(NCCc2ccccc2)c1[N+](=O)[O-]. The topological polar surface area (TPSA) is 122 Å². The maximum atomic E-state index is 12.3. The van der Waals surface area contributed by atoms with Crippen molar-refractivity contribution >= 4 is 23.2 Å². The highest BCUT2D eigenvalue weighted by molar-refractivity contribution is 5.96. The molecular weight excluding hydrogens is 372 g/mol. The number of carbonyl (C=O) groups is 1. The predicted octanol–water partition coefficient (Wildman–Crippen LogP) is 3.10. The minimum Gasteiger partial charge on any atom is -0.364 e. The number of amides is 1. The summed E-state index contributed by atoms with van der Waals surface area (Å²) in [6, 6.07) is 16.8. The number of hydrazine groups is 1. The van der Waals surface area contributed by atoms with Crippen molar-refractivity contribution in [1.82, 2.24) is 15.4 Å². The van der Waals surface area contributed by atoms with Crippen molar-refractivity contribution < 1.29 is 9.72 Å². The lowest BCUT2D eigenvalue weighted by atomic mass is 10.1. The van der Waals surface area contributed by atoms with Crippen LogP contribution in [-0.4, -0.2) is 27.3 Å². The van der Waals surface area contributed by atoms with Gasteiger partial charge >= 0.3 is 5.69 Å². The van der Waals surface area contributed by atoms with Crippen LogP contribution in [0.1, 0.15) is 21.5 Å². The van der Waals surface area contributed by atoms with Crippen LogP contribution in [0.3, 0.4) is 0 Å². The summed E-state index contributed by atoms with van der Waals surface area (Å²) in [5.74, 6) is -0.447. The van der Waals surface area contributed by atoms with Crippen molar-refractivity contribution in [3.05, 3.63) is 87.7 Å². The second-order valence-corrected chi connectivity index (χ2v) is 6.23. The first-order chi connectivity index (χ1) is 14.1. The van der Waals surface area contributed by atoms with Crippen molar-refractivity contribution in [3.63, 3.8) is 0 Å². The summed E-state index contributed by atoms with van der Waals surface area (Å²) in [6.45, 7) is 2.26. The summed E-state index contributed by atoms with van der Waals surface area (Å²) < 4.78 is 0. The number of aryl methyl sites for hydroxylation is 1. The maximum Gasteiger partial charge on any atom is 0.354 e. The molecular formula is C20H20N6O3. The Morgan fingerprint density at radius 2 is 1.72 bits per heavy atom. The average molecular weight is 392 g/mol. The summed E-state index contributed by atoms with van der Waals surface area (Å²) in [5, 5.41) is 14.5. The lowest BCUT2D eigenvalue weighted by Crippen LogP contribution is -2.31. The van der Waals surface area contributed by atoms with Gasteiger partial charge in [0.05, 0.1) is 4.92 Å². The predicted molar refractivity (Wildman–Crippen MR) is 110 cm³/mol. The first kappa shape index (κ1) is 19.7. The zero-order valence-corrected chi connectivity index (χ0v) is 15.8. The van der Waals surface area contributed by atoms with E-state index in [1.807, 2.05) is 36.4 Å². The molecule has 2 aromatic carbocycles. The first-order valence-corrected chi connectivity index (χ1v) is 8.95. The van der Waals surface area contributed by atoms with Crippen LogP contribution >= 0.6 is 0 Å². The Hall–Kier alpha value is -4.01. The molecule has 9 nitrogen and oxygen atoms in total. The average Bonchev–Trinajstić information content (AvgIpc) is 2.73. The van der Waals surface area contributed by atoms with Crippen molar-refractivity contribution in [2.45, 2.75) is 13.3 Å². The van der Waals surface area contributed by atoms with Gasteiger partial charge in [-0.25, -0.2) is 9.97 Å². The van der Waals surface area contributed by atoms with Crippen LogP contribution < -0.4 is 16.2 Å². The highest BCUT2D eigenvalue weighted by Crippen LogP contribution is 2.28. The van der Waals surface area contributed by atoms with Gasteiger partial charge in [0.1, 0.15) is 6.33 Å². The van der Waals surface area contributed by atoms with E-state index in [1.165, 1.54) is 6.33 Å². The van der Waals surface area contributed by atoms with Gasteiger partial charge in [0.25, 0.3) is 5.91 Å². The van der Waals surface area contributed by atoms with Crippen LogP contribution in [0.15, 0.2) is 60.9 Å². The largest absolute Gasteiger partial charge is 0.364 e. The number of nitrogens with one attached hydrogen (secondary N) is 3. The first-order valence-electron chi connectivity index (χ1n) is 8.95. The van der Waals surface area contributed by atoms with E-state index in [4.69, 9.17) is 0 Å². The Labute approximate surface area is 167 Å². The minimum atomic E-state index is -0.590. The van der Waals surface area contributed by atoms with Gasteiger partial charge in [-0.2, -0.15) is 0 Å². The molecule has 0 unspecified atom stereocenters. The summed E-state index contributed by atoms with van der Waals surface area (Å²) in [5.41, 5.74) is 6.98. The molecule has 1 amide bonds. The van der Waals surface area contributed by atoms with Crippen LogP contribution in [0.4, 0.5) is 17.3 Å². The second kappa shape index (κ2) is 9.27. The number of nitro groups is 1. The van der Waals surface area contributed by atoms with E-state index in [9.17, 15) is 14.9 Å². The van der Waals surface area contributed by atoms with E-state index in [-0.39, 0.29) is 17.3 Å². The van der Waals surface area contributed by atoms with Gasteiger partial charge in [-0.3, -0.25) is 25.8 Å². The molecule has 0 radical (unpaired) electrons. The molecule has 29 heavy (non-hydrogen) atoms. The van der Waals surface area contributed by atoms with Gasteiger partial charge in [0.2, 0.25) is 11.6 Å². The van der Waals surface area contributed by atoms with Crippen LogP contribution in [-0.2, 0) is 6.42 Å².